The molecule has 1 aromatic rings. The fourth-order valence-corrected chi connectivity index (χ4v) is 3.16. The molecule has 1 N–H and O–H groups in total. The largest absolute Gasteiger partial charge is 0.340 e. The molecule has 3 rings (SSSR count). The van der Waals surface area contributed by atoms with E-state index in [0.717, 1.165) is 51.1 Å². The first-order valence-corrected chi connectivity index (χ1v) is 7.46. The number of fused-ring (bicyclic) bond motifs is 1. The summed E-state index contributed by atoms with van der Waals surface area (Å²) >= 11 is 0. The highest BCUT2D eigenvalue weighted by Gasteiger charge is 2.19. The lowest BCUT2D eigenvalue weighted by Gasteiger charge is -2.27. The number of hydrogen-bond acceptors (Lipinski definition) is 3. The van der Waals surface area contributed by atoms with Gasteiger partial charge in [-0.15, -0.1) is 0 Å². The van der Waals surface area contributed by atoms with Gasteiger partial charge in [-0.2, -0.15) is 0 Å². The van der Waals surface area contributed by atoms with Crippen LogP contribution in [0.25, 0.3) is 0 Å². The molecule has 2 heterocycles. The van der Waals surface area contributed by atoms with E-state index in [1.54, 1.807) is 6.07 Å². The number of hydrogen-bond donors (Lipinski definition) is 1. The molecule has 0 spiro atoms. The summed E-state index contributed by atoms with van der Waals surface area (Å²) in [5, 5.41) is 3.24. The molecule has 1 aliphatic carbocycles. The number of aromatic nitrogens is 1. The van der Waals surface area contributed by atoms with E-state index in [1.165, 1.54) is 5.56 Å². The van der Waals surface area contributed by atoms with Crippen molar-refractivity contribution in [3.05, 3.63) is 33.7 Å². The molecule has 0 atom stereocenters. The van der Waals surface area contributed by atoms with Crippen LogP contribution < -0.4 is 10.9 Å². The molecule has 1 aliphatic heterocycles. The Labute approximate surface area is 118 Å². The van der Waals surface area contributed by atoms with Crippen LogP contribution >= 0.6 is 0 Å². The maximum absolute atomic E-state index is 12.2. The van der Waals surface area contributed by atoms with Gasteiger partial charge in [0.25, 0.3) is 5.56 Å². The normalized spacial score (nSPS) is 18.1. The van der Waals surface area contributed by atoms with Crippen molar-refractivity contribution >= 4 is 5.91 Å². The van der Waals surface area contributed by atoms with Crippen molar-refractivity contribution in [3.63, 3.8) is 0 Å². The van der Waals surface area contributed by atoms with Crippen molar-refractivity contribution in [1.29, 1.82) is 0 Å². The quantitative estimate of drug-likeness (QED) is 0.855. The molecule has 1 fully saturated rings. The van der Waals surface area contributed by atoms with Gasteiger partial charge in [0.15, 0.2) is 0 Å². The maximum Gasteiger partial charge on any atom is 0.250 e. The molecule has 2 aliphatic rings. The molecule has 1 aromatic heterocycles. The highest BCUT2D eigenvalue weighted by atomic mass is 16.2. The van der Waals surface area contributed by atoms with Crippen molar-refractivity contribution < 1.29 is 4.79 Å². The Balaban J connectivity index is 1.68. The third kappa shape index (κ3) is 2.63. The van der Waals surface area contributed by atoms with Gasteiger partial charge in [-0.05, 0) is 24.8 Å². The fraction of sp³-hybridized carbons (Fsp3) is 0.600. The third-order valence-corrected chi connectivity index (χ3v) is 4.27. The van der Waals surface area contributed by atoms with Gasteiger partial charge < -0.3 is 14.8 Å². The Kier molecular flexibility index (Phi) is 3.87. The van der Waals surface area contributed by atoms with Crippen molar-refractivity contribution in [1.82, 2.24) is 14.8 Å². The molecular formula is C15H21N3O2. The van der Waals surface area contributed by atoms with E-state index in [-0.39, 0.29) is 11.5 Å². The van der Waals surface area contributed by atoms with Crippen molar-refractivity contribution in [2.24, 2.45) is 0 Å². The Morgan fingerprint density at radius 3 is 2.80 bits per heavy atom. The van der Waals surface area contributed by atoms with E-state index in [2.05, 4.69) is 5.32 Å². The summed E-state index contributed by atoms with van der Waals surface area (Å²) in [6.07, 6.45) is 3.56. The highest BCUT2D eigenvalue weighted by molar-refractivity contribution is 5.76. The lowest BCUT2D eigenvalue weighted by molar-refractivity contribution is -0.132. The molecule has 5 nitrogen and oxygen atoms in total. The van der Waals surface area contributed by atoms with Crippen LogP contribution in [-0.4, -0.2) is 41.6 Å². The fourth-order valence-electron chi connectivity index (χ4n) is 3.16. The van der Waals surface area contributed by atoms with Gasteiger partial charge in [0, 0.05) is 50.9 Å². The van der Waals surface area contributed by atoms with Gasteiger partial charge in [-0.1, -0.05) is 6.07 Å². The number of carbonyl (C=O) groups excluding carboxylic acids is 1. The minimum Gasteiger partial charge on any atom is -0.340 e. The molecule has 0 saturated carbocycles. The number of amides is 1. The van der Waals surface area contributed by atoms with E-state index in [1.807, 2.05) is 15.5 Å². The van der Waals surface area contributed by atoms with E-state index in [9.17, 15) is 9.59 Å². The molecule has 1 amide bonds. The second kappa shape index (κ2) is 5.79. The lowest BCUT2D eigenvalue weighted by atomic mass is 10.2. The second-order valence-corrected chi connectivity index (χ2v) is 5.53. The number of carbonyl (C=O) groups is 1. The standard InChI is InChI=1S/C15H21N3O2/c19-14(17-10-7-16-8-11-17)6-9-18-13-3-1-2-12(13)4-5-15(18)20/h4-5,16H,1-3,6-11H2. The van der Waals surface area contributed by atoms with Gasteiger partial charge in [0.2, 0.25) is 5.91 Å². The molecule has 0 radical (unpaired) electrons. The zero-order valence-corrected chi connectivity index (χ0v) is 11.7. The van der Waals surface area contributed by atoms with Crippen LogP contribution in [0.15, 0.2) is 16.9 Å². The molecule has 0 unspecified atom stereocenters. The number of aryl methyl sites for hydroxylation is 1. The minimum absolute atomic E-state index is 0.0266. The predicted octanol–water partition coefficient (Wildman–Crippen LogP) is 0.159. The van der Waals surface area contributed by atoms with Crippen LogP contribution in [0.3, 0.4) is 0 Å². The zero-order valence-electron chi connectivity index (χ0n) is 11.7. The molecule has 0 bridgehead atoms. The number of nitrogens with zero attached hydrogens (tertiary/aromatic N) is 2. The van der Waals surface area contributed by atoms with E-state index >= 15 is 0 Å². The van der Waals surface area contributed by atoms with Crippen LogP contribution in [-0.2, 0) is 24.2 Å². The summed E-state index contributed by atoms with van der Waals surface area (Å²) in [7, 11) is 0. The molecule has 1 saturated heterocycles. The van der Waals surface area contributed by atoms with Crippen LogP contribution in [0.2, 0.25) is 0 Å². The van der Waals surface area contributed by atoms with Crippen molar-refractivity contribution in [3.8, 4) is 0 Å². The average molecular weight is 275 g/mol. The monoisotopic (exact) mass is 275 g/mol. The first kappa shape index (κ1) is 13.4. The molecular weight excluding hydrogens is 254 g/mol. The summed E-state index contributed by atoms with van der Waals surface area (Å²) in [5.41, 5.74) is 2.45. The van der Waals surface area contributed by atoms with Gasteiger partial charge in [0.1, 0.15) is 0 Å². The average Bonchev–Trinajstić information content (AvgIpc) is 2.95. The van der Waals surface area contributed by atoms with E-state index < -0.39 is 0 Å². The first-order chi connectivity index (χ1) is 9.75. The van der Waals surface area contributed by atoms with Crippen LogP contribution in [0.1, 0.15) is 24.1 Å². The molecule has 0 aromatic carbocycles. The van der Waals surface area contributed by atoms with Crippen LogP contribution in [0.5, 0.6) is 0 Å². The Morgan fingerprint density at radius 2 is 2.00 bits per heavy atom. The predicted molar refractivity (Wildman–Crippen MR) is 76.8 cm³/mol. The van der Waals surface area contributed by atoms with Gasteiger partial charge in [-0.3, -0.25) is 9.59 Å². The summed E-state index contributed by atoms with van der Waals surface area (Å²) in [4.78, 5) is 26.1. The number of piperazine rings is 1. The molecule has 108 valence electrons. The Bertz CT molecular complexity index is 559. The first-order valence-electron chi connectivity index (χ1n) is 7.46. The maximum atomic E-state index is 12.2. The van der Waals surface area contributed by atoms with Crippen LogP contribution in [0.4, 0.5) is 0 Å². The summed E-state index contributed by atoms with van der Waals surface area (Å²) in [5.74, 6) is 0.161. The third-order valence-electron chi connectivity index (χ3n) is 4.27. The molecule has 5 heteroatoms. The highest BCUT2D eigenvalue weighted by Crippen LogP contribution is 2.20. The number of pyridine rings is 1. The second-order valence-electron chi connectivity index (χ2n) is 5.53. The summed E-state index contributed by atoms with van der Waals surface area (Å²) in [6, 6.07) is 3.58. The minimum atomic E-state index is 0.0266. The van der Waals surface area contributed by atoms with Crippen molar-refractivity contribution in [2.75, 3.05) is 26.2 Å². The molecule has 20 heavy (non-hydrogen) atoms. The van der Waals surface area contributed by atoms with E-state index in [0.29, 0.717) is 13.0 Å². The number of nitrogens with one attached hydrogen (secondary N) is 1. The topological polar surface area (TPSA) is 54.3 Å². The Morgan fingerprint density at radius 1 is 1.20 bits per heavy atom. The Hall–Kier alpha value is -1.62. The summed E-state index contributed by atoms with van der Waals surface area (Å²) in [6.45, 7) is 3.81. The van der Waals surface area contributed by atoms with Gasteiger partial charge in [0.05, 0.1) is 0 Å². The van der Waals surface area contributed by atoms with Crippen molar-refractivity contribution in [2.45, 2.75) is 32.2 Å². The SMILES string of the molecule is O=C(CCn1c2c(ccc1=O)CCC2)N1CCNCC1. The smallest absolute Gasteiger partial charge is 0.250 e. The number of rotatable bonds is 3. The zero-order chi connectivity index (χ0) is 13.9. The summed E-state index contributed by atoms with van der Waals surface area (Å²) < 4.78 is 1.81. The van der Waals surface area contributed by atoms with E-state index in [4.69, 9.17) is 0 Å². The lowest BCUT2D eigenvalue weighted by Crippen LogP contribution is -2.46. The van der Waals surface area contributed by atoms with Crippen LogP contribution in [0, 0.1) is 0 Å². The van der Waals surface area contributed by atoms with Gasteiger partial charge >= 0.3 is 0 Å². The van der Waals surface area contributed by atoms with Gasteiger partial charge in [-0.25, -0.2) is 0 Å².